The van der Waals surface area contributed by atoms with E-state index in [2.05, 4.69) is 20.2 Å². The fraction of sp³-hybridized carbons (Fsp3) is 0.389. The minimum Gasteiger partial charge on any atom is -0.382 e. The summed E-state index contributed by atoms with van der Waals surface area (Å²) in [5, 5.41) is 12.7. The first kappa shape index (κ1) is 17.5. The number of nitrogen functional groups attached to an aromatic ring is 1. The zero-order valence-corrected chi connectivity index (χ0v) is 15.7. The molecule has 0 aliphatic carbocycles. The van der Waals surface area contributed by atoms with E-state index in [4.69, 9.17) is 34.3 Å². The Labute approximate surface area is 162 Å². The molecule has 1 aromatic carbocycles. The van der Waals surface area contributed by atoms with Crippen LogP contribution in [0.2, 0.25) is 10.0 Å². The number of nitrogens with two attached hydrogens (primary N) is 1. The highest BCUT2D eigenvalue weighted by Gasteiger charge is 2.39. The van der Waals surface area contributed by atoms with Crippen molar-refractivity contribution in [3.63, 3.8) is 0 Å². The van der Waals surface area contributed by atoms with Gasteiger partial charge in [0.2, 0.25) is 0 Å². The van der Waals surface area contributed by atoms with Crippen LogP contribution in [-0.2, 0) is 0 Å². The number of nitrogens with zero attached hydrogens (tertiary/aromatic N) is 3. The summed E-state index contributed by atoms with van der Waals surface area (Å²) < 4.78 is 0. The Balaban J connectivity index is 1.54. The fourth-order valence-electron chi connectivity index (χ4n) is 3.63. The van der Waals surface area contributed by atoms with Crippen LogP contribution in [0.5, 0.6) is 0 Å². The van der Waals surface area contributed by atoms with Crippen molar-refractivity contribution in [1.29, 1.82) is 5.41 Å². The summed E-state index contributed by atoms with van der Waals surface area (Å²) in [6, 6.07) is 5.15. The van der Waals surface area contributed by atoms with Crippen LogP contribution in [0, 0.1) is 5.41 Å². The predicted octanol–water partition coefficient (Wildman–Crippen LogP) is 3.11. The maximum absolute atomic E-state index is 8.40. The molecule has 4 N–H and O–H groups in total. The number of piperidine rings is 1. The van der Waals surface area contributed by atoms with Gasteiger partial charge < -0.3 is 16.0 Å². The molecule has 2 saturated heterocycles. The second-order valence-corrected chi connectivity index (χ2v) is 7.67. The number of anilines is 2. The number of hydrogen-bond acceptors (Lipinski definition) is 6. The largest absolute Gasteiger partial charge is 0.382 e. The normalized spacial score (nSPS) is 18.6. The Kier molecular flexibility index (Phi) is 4.50. The van der Waals surface area contributed by atoms with E-state index in [-0.39, 0.29) is 11.5 Å². The van der Waals surface area contributed by atoms with E-state index < -0.39 is 0 Å². The van der Waals surface area contributed by atoms with Crippen molar-refractivity contribution >= 4 is 40.5 Å². The predicted molar refractivity (Wildman–Crippen MR) is 106 cm³/mol. The van der Waals surface area contributed by atoms with Gasteiger partial charge in [0.05, 0.1) is 22.0 Å². The van der Waals surface area contributed by atoms with Crippen LogP contribution in [0.4, 0.5) is 11.6 Å². The highest BCUT2D eigenvalue weighted by molar-refractivity contribution is 6.44. The second kappa shape index (κ2) is 6.68. The molecule has 8 heteroatoms. The first-order valence-corrected chi connectivity index (χ1v) is 9.40. The van der Waals surface area contributed by atoms with E-state index in [1.165, 1.54) is 6.42 Å². The summed E-state index contributed by atoms with van der Waals surface area (Å²) in [5.74, 6) is 0.982. The molecule has 6 nitrogen and oxygen atoms in total. The molecule has 3 heterocycles. The van der Waals surface area contributed by atoms with Crippen LogP contribution in [0.25, 0.3) is 0 Å². The SMILES string of the molecule is N=C(c1cccc(Cl)c1Cl)c1ncc(N2CCC3(CCN3)CC2)nc1N. The number of aromatic nitrogens is 2. The monoisotopic (exact) mass is 390 g/mol. The Morgan fingerprint density at radius 2 is 1.96 bits per heavy atom. The average Bonchev–Trinajstić information content (AvgIpc) is 2.62. The minimum atomic E-state index is 0.116. The Hall–Kier alpha value is -1.89. The van der Waals surface area contributed by atoms with Gasteiger partial charge >= 0.3 is 0 Å². The molecule has 136 valence electrons. The maximum atomic E-state index is 8.40. The summed E-state index contributed by atoms with van der Waals surface area (Å²) in [7, 11) is 0. The minimum absolute atomic E-state index is 0.116. The molecule has 0 atom stereocenters. The van der Waals surface area contributed by atoms with E-state index >= 15 is 0 Å². The summed E-state index contributed by atoms with van der Waals surface area (Å²) in [6.45, 7) is 2.98. The van der Waals surface area contributed by atoms with Crippen LogP contribution in [0.15, 0.2) is 24.4 Å². The van der Waals surface area contributed by atoms with Gasteiger partial charge in [-0.2, -0.15) is 0 Å². The third-order valence-corrected chi connectivity index (χ3v) is 6.21. The van der Waals surface area contributed by atoms with Gasteiger partial charge in [-0.3, -0.25) is 5.41 Å². The molecule has 26 heavy (non-hydrogen) atoms. The standard InChI is InChI=1S/C18H20Cl2N6/c19-12-3-1-2-11(14(12)20)15(21)16-17(22)25-13(10-23-16)26-8-5-18(6-9-26)4-7-24-18/h1-3,10,21,24H,4-9H2,(H2,22,25). The van der Waals surface area contributed by atoms with Crippen molar-refractivity contribution in [2.24, 2.45) is 0 Å². The lowest BCUT2D eigenvalue weighted by Gasteiger charge is -2.49. The molecule has 2 aliphatic heterocycles. The van der Waals surface area contributed by atoms with Gasteiger partial charge in [-0.15, -0.1) is 0 Å². The highest BCUT2D eigenvalue weighted by atomic mass is 35.5. The molecule has 2 fully saturated rings. The van der Waals surface area contributed by atoms with Crippen LogP contribution < -0.4 is 16.0 Å². The number of rotatable bonds is 3. The molecular weight excluding hydrogens is 371 g/mol. The topological polar surface area (TPSA) is 90.9 Å². The third-order valence-electron chi connectivity index (χ3n) is 5.39. The van der Waals surface area contributed by atoms with Gasteiger partial charge in [-0.25, -0.2) is 9.97 Å². The molecule has 1 spiro atoms. The molecule has 0 radical (unpaired) electrons. The molecule has 2 aliphatic rings. The highest BCUT2D eigenvalue weighted by Crippen LogP contribution is 2.33. The molecule has 0 unspecified atom stereocenters. The lowest BCUT2D eigenvalue weighted by atomic mass is 9.79. The van der Waals surface area contributed by atoms with Crippen molar-refractivity contribution in [1.82, 2.24) is 15.3 Å². The lowest BCUT2D eigenvalue weighted by molar-refractivity contribution is 0.163. The molecule has 1 aromatic heterocycles. The molecule has 0 amide bonds. The number of benzene rings is 1. The summed E-state index contributed by atoms with van der Waals surface area (Å²) in [5.41, 5.74) is 7.37. The molecule has 0 saturated carbocycles. The summed E-state index contributed by atoms with van der Waals surface area (Å²) in [6.07, 6.45) is 5.14. The Bertz CT molecular complexity index is 855. The number of nitrogens with one attached hydrogen (secondary N) is 2. The molecule has 0 bridgehead atoms. The van der Waals surface area contributed by atoms with Crippen molar-refractivity contribution < 1.29 is 0 Å². The van der Waals surface area contributed by atoms with Crippen LogP contribution in [-0.4, -0.2) is 40.9 Å². The van der Waals surface area contributed by atoms with Gasteiger partial charge in [-0.1, -0.05) is 35.3 Å². The smallest absolute Gasteiger partial charge is 0.154 e. The van der Waals surface area contributed by atoms with Crippen molar-refractivity contribution in [2.45, 2.75) is 24.8 Å². The van der Waals surface area contributed by atoms with Gasteiger partial charge in [0.1, 0.15) is 11.5 Å². The molecular formula is C18H20Cl2N6. The number of halogens is 2. The van der Waals surface area contributed by atoms with Crippen molar-refractivity contribution in [3.05, 3.63) is 45.7 Å². The quantitative estimate of drug-likeness (QED) is 0.700. The van der Waals surface area contributed by atoms with Crippen LogP contribution in [0.1, 0.15) is 30.5 Å². The van der Waals surface area contributed by atoms with Gasteiger partial charge in [0, 0.05) is 24.2 Å². The lowest BCUT2D eigenvalue weighted by Crippen LogP contribution is -2.62. The summed E-state index contributed by atoms with van der Waals surface area (Å²) in [4.78, 5) is 11.1. The maximum Gasteiger partial charge on any atom is 0.154 e. The zero-order chi connectivity index (χ0) is 18.3. The van der Waals surface area contributed by atoms with Crippen LogP contribution >= 0.6 is 23.2 Å². The first-order valence-electron chi connectivity index (χ1n) is 8.65. The Morgan fingerprint density at radius 3 is 2.58 bits per heavy atom. The molecule has 4 rings (SSSR count). The Morgan fingerprint density at radius 1 is 1.23 bits per heavy atom. The zero-order valence-electron chi connectivity index (χ0n) is 14.2. The fourth-order valence-corrected chi connectivity index (χ4v) is 4.03. The van der Waals surface area contributed by atoms with E-state index in [1.807, 2.05) is 0 Å². The van der Waals surface area contributed by atoms with E-state index in [9.17, 15) is 0 Å². The number of hydrogen-bond donors (Lipinski definition) is 3. The van der Waals surface area contributed by atoms with E-state index in [0.29, 0.717) is 26.8 Å². The second-order valence-electron chi connectivity index (χ2n) is 6.88. The van der Waals surface area contributed by atoms with E-state index in [1.54, 1.807) is 24.4 Å². The van der Waals surface area contributed by atoms with E-state index in [0.717, 1.165) is 38.3 Å². The first-order chi connectivity index (χ1) is 12.5. The van der Waals surface area contributed by atoms with Gasteiger partial charge in [0.25, 0.3) is 0 Å². The van der Waals surface area contributed by atoms with Gasteiger partial charge in [0.15, 0.2) is 5.82 Å². The average molecular weight is 391 g/mol. The van der Waals surface area contributed by atoms with Crippen molar-refractivity contribution in [3.8, 4) is 0 Å². The summed E-state index contributed by atoms with van der Waals surface area (Å²) >= 11 is 12.3. The van der Waals surface area contributed by atoms with Crippen LogP contribution in [0.3, 0.4) is 0 Å². The third kappa shape index (κ3) is 3.02. The molecule has 2 aromatic rings. The van der Waals surface area contributed by atoms with Gasteiger partial charge in [-0.05, 0) is 31.9 Å². The van der Waals surface area contributed by atoms with Crippen molar-refractivity contribution in [2.75, 3.05) is 30.3 Å².